The number of aromatic nitrogens is 1. The number of benzene rings is 1. The van der Waals surface area contributed by atoms with Crippen LogP contribution in [0.5, 0.6) is 0 Å². The Balaban J connectivity index is 2.40. The third-order valence-corrected chi connectivity index (χ3v) is 2.80. The Morgan fingerprint density at radius 1 is 1.25 bits per heavy atom. The first-order chi connectivity index (χ1) is 7.70. The predicted molar refractivity (Wildman–Crippen MR) is 66.3 cm³/mol. The highest BCUT2D eigenvalue weighted by Crippen LogP contribution is 2.22. The summed E-state index contributed by atoms with van der Waals surface area (Å²) < 4.78 is 0. The zero-order valence-corrected chi connectivity index (χ0v) is 9.77. The number of aliphatic hydroxyl groups excluding tert-OH is 1. The molecule has 2 rings (SSSR count). The molecule has 84 valence electrons. The van der Waals surface area contributed by atoms with Crippen molar-refractivity contribution in [1.82, 2.24) is 4.98 Å². The molecule has 0 aliphatic heterocycles. The molecule has 2 aromatic rings. The van der Waals surface area contributed by atoms with Crippen LogP contribution in [0.2, 0.25) is 0 Å². The van der Waals surface area contributed by atoms with Gasteiger partial charge in [0.15, 0.2) is 0 Å². The average Bonchev–Trinajstić information content (AvgIpc) is 2.28. The largest absolute Gasteiger partial charge is 0.388 e. The fourth-order valence-corrected chi connectivity index (χ4v) is 1.89. The molecule has 1 heterocycles. The first kappa shape index (κ1) is 11.1. The maximum atomic E-state index is 9.91. The van der Waals surface area contributed by atoms with Crippen molar-refractivity contribution >= 4 is 10.9 Å². The molecule has 1 atom stereocenters. The Morgan fingerprint density at radius 2 is 2.06 bits per heavy atom. The number of fused-ring (bicyclic) bond motifs is 1. The highest BCUT2D eigenvalue weighted by atomic mass is 16.3. The van der Waals surface area contributed by atoms with Crippen molar-refractivity contribution in [2.45, 2.75) is 32.8 Å². The Kier molecular flexibility index (Phi) is 3.20. The van der Waals surface area contributed by atoms with Gasteiger partial charge in [0.1, 0.15) is 0 Å². The average molecular weight is 215 g/mol. The number of hydrogen-bond acceptors (Lipinski definition) is 2. The van der Waals surface area contributed by atoms with E-state index in [2.05, 4.69) is 18.0 Å². The van der Waals surface area contributed by atoms with Gasteiger partial charge in [-0.25, -0.2) is 0 Å². The lowest BCUT2D eigenvalue weighted by Crippen LogP contribution is -1.96. The molecule has 2 nitrogen and oxygen atoms in total. The lowest BCUT2D eigenvalue weighted by molar-refractivity contribution is 0.166. The Bertz CT molecular complexity index is 493. The lowest BCUT2D eigenvalue weighted by atomic mass is 10.0. The van der Waals surface area contributed by atoms with Crippen molar-refractivity contribution in [1.29, 1.82) is 0 Å². The summed E-state index contributed by atoms with van der Waals surface area (Å²) in [6.07, 6.45) is 1.45. The first-order valence-corrected chi connectivity index (χ1v) is 5.76. The molecule has 0 aliphatic rings. The van der Waals surface area contributed by atoms with E-state index >= 15 is 0 Å². The second-order valence-corrected chi connectivity index (χ2v) is 4.21. The van der Waals surface area contributed by atoms with Gasteiger partial charge in [0, 0.05) is 11.1 Å². The van der Waals surface area contributed by atoms with Gasteiger partial charge in [-0.05, 0) is 37.1 Å². The van der Waals surface area contributed by atoms with E-state index in [0.29, 0.717) is 0 Å². The molecule has 1 aromatic heterocycles. The SMILES string of the molecule is CCCC(O)c1ccc2nc(C)ccc2c1. The van der Waals surface area contributed by atoms with E-state index in [1.165, 1.54) is 0 Å². The van der Waals surface area contributed by atoms with Gasteiger partial charge in [-0.15, -0.1) is 0 Å². The molecular formula is C14H17NO. The van der Waals surface area contributed by atoms with Crippen LogP contribution >= 0.6 is 0 Å². The van der Waals surface area contributed by atoms with Gasteiger partial charge < -0.3 is 5.11 Å². The van der Waals surface area contributed by atoms with Crippen LogP contribution in [0.3, 0.4) is 0 Å². The van der Waals surface area contributed by atoms with E-state index in [1.807, 2.05) is 31.2 Å². The van der Waals surface area contributed by atoms with Crippen LogP contribution < -0.4 is 0 Å². The second-order valence-electron chi connectivity index (χ2n) is 4.21. The number of aliphatic hydroxyl groups is 1. The van der Waals surface area contributed by atoms with E-state index in [0.717, 1.165) is 35.0 Å². The summed E-state index contributed by atoms with van der Waals surface area (Å²) in [4.78, 5) is 4.44. The van der Waals surface area contributed by atoms with Crippen molar-refractivity contribution in [2.24, 2.45) is 0 Å². The highest BCUT2D eigenvalue weighted by molar-refractivity contribution is 5.79. The van der Waals surface area contributed by atoms with E-state index in [1.54, 1.807) is 0 Å². The second kappa shape index (κ2) is 4.62. The summed E-state index contributed by atoms with van der Waals surface area (Å²) in [6, 6.07) is 10.0. The van der Waals surface area contributed by atoms with Crippen molar-refractivity contribution in [3.8, 4) is 0 Å². The molecule has 0 aliphatic carbocycles. The van der Waals surface area contributed by atoms with Gasteiger partial charge in [0.25, 0.3) is 0 Å². The lowest BCUT2D eigenvalue weighted by Gasteiger charge is -2.10. The Hall–Kier alpha value is -1.41. The van der Waals surface area contributed by atoms with Crippen molar-refractivity contribution in [3.63, 3.8) is 0 Å². The summed E-state index contributed by atoms with van der Waals surface area (Å²) in [7, 11) is 0. The fraction of sp³-hybridized carbons (Fsp3) is 0.357. The standard InChI is InChI=1S/C14H17NO/c1-3-4-14(16)12-7-8-13-11(9-12)6-5-10(2)15-13/h5-9,14,16H,3-4H2,1-2H3. The van der Waals surface area contributed by atoms with Gasteiger partial charge in [0.05, 0.1) is 11.6 Å². The molecule has 2 heteroatoms. The van der Waals surface area contributed by atoms with Gasteiger partial charge in [0.2, 0.25) is 0 Å². The van der Waals surface area contributed by atoms with Gasteiger partial charge in [-0.2, -0.15) is 0 Å². The third kappa shape index (κ3) is 2.22. The molecule has 0 radical (unpaired) electrons. The summed E-state index contributed by atoms with van der Waals surface area (Å²) in [6.45, 7) is 4.06. The normalized spacial score (nSPS) is 12.9. The van der Waals surface area contributed by atoms with Crippen LogP contribution in [0.4, 0.5) is 0 Å². The Morgan fingerprint density at radius 3 is 2.81 bits per heavy atom. The zero-order chi connectivity index (χ0) is 11.5. The van der Waals surface area contributed by atoms with Crippen LogP contribution in [0.15, 0.2) is 30.3 Å². The number of aryl methyl sites for hydroxylation is 1. The smallest absolute Gasteiger partial charge is 0.0790 e. The molecule has 16 heavy (non-hydrogen) atoms. The molecule has 1 N–H and O–H groups in total. The molecule has 0 amide bonds. The van der Waals surface area contributed by atoms with Crippen LogP contribution in [0.25, 0.3) is 10.9 Å². The van der Waals surface area contributed by atoms with E-state index < -0.39 is 0 Å². The van der Waals surface area contributed by atoms with Crippen molar-refractivity contribution in [2.75, 3.05) is 0 Å². The molecule has 0 saturated heterocycles. The summed E-state index contributed by atoms with van der Waals surface area (Å²) in [5.41, 5.74) is 3.00. The minimum absolute atomic E-state index is 0.351. The first-order valence-electron chi connectivity index (χ1n) is 5.76. The molecule has 0 saturated carbocycles. The topological polar surface area (TPSA) is 33.1 Å². The van der Waals surface area contributed by atoms with E-state index in [-0.39, 0.29) is 6.10 Å². The summed E-state index contributed by atoms with van der Waals surface area (Å²) >= 11 is 0. The zero-order valence-electron chi connectivity index (χ0n) is 9.77. The van der Waals surface area contributed by atoms with Crippen LogP contribution in [-0.4, -0.2) is 10.1 Å². The molecule has 1 unspecified atom stereocenters. The van der Waals surface area contributed by atoms with E-state index in [4.69, 9.17) is 0 Å². The maximum absolute atomic E-state index is 9.91. The fourth-order valence-electron chi connectivity index (χ4n) is 1.89. The molecule has 0 fully saturated rings. The number of rotatable bonds is 3. The van der Waals surface area contributed by atoms with Crippen LogP contribution in [0.1, 0.15) is 37.1 Å². The van der Waals surface area contributed by atoms with Gasteiger partial charge >= 0.3 is 0 Å². The number of nitrogens with zero attached hydrogens (tertiary/aromatic N) is 1. The van der Waals surface area contributed by atoms with Gasteiger partial charge in [-0.3, -0.25) is 4.98 Å². The monoisotopic (exact) mass is 215 g/mol. The molecule has 0 bridgehead atoms. The number of hydrogen-bond donors (Lipinski definition) is 1. The molecule has 1 aromatic carbocycles. The number of pyridine rings is 1. The molecule has 0 spiro atoms. The third-order valence-electron chi connectivity index (χ3n) is 2.80. The minimum Gasteiger partial charge on any atom is -0.388 e. The molecular weight excluding hydrogens is 198 g/mol. The Labute approximate surface area is 96.0 Å². The maximum Gasteiger partial charge on any atom is 0.0790 e. The predicted octanol–water partition coefficient (Wildman–Crippen LogP) is 3.38. The van der Waals surface area contributed by atoms with Crippen molar-refractivity contribution in [3.05, 3.63) is 41.6 Å². The summed E-state index contributed by atoms with van der Waals surface area (Å²) in [5.74, 6) is 0. The highest BCUT2D eigenvalue weighted by Gasteiger charge is 2.07. The van der Waals surface area contributed by atoms with Crippen LogP contribution in [0, 0.1) is 6.92 Å². The van der Waals surface area contributed by atoms with Gasteiger partial charge in [-0.1, -0.05) is 25.5 Å². The van der Waals surface area contributed by atoms with Crippen molar-refractivity contribution < 1.29 is 5.11 Å². The minimum atomic E-state index is -0.351. The van der Waals surface area contributed by atoms with Crippen LogP contribution in [-0.2, 0) is 0 Å². The summed E-state index contributed by atoms with van der Waals surface area (Å²) in [5, 5.41) is 11.0. The van der Waals surface area contributed by atoms with E-state index in [9.17, 15) is 5.11 Å². The quantitative estimate of drug-likeness (QED) is 0.851.